The van der Waals surface area contributed by atoms with Crippen LogP contribution in [0.2, 0.25) is 0 Å². The SMILES string of the molecule is Cn1c(C(=O)c2cnn3c2[nH]c2cc(Oc4cccc(F)c4F)ccc23)cc2c(Cc3cccc(C#N)c3)cccc21. The summed E-state index contributed by atoms with van der Waals surface area (Å²) in [5, 5.41) is 14.7. The number of hydrogen-bond donors (Lipinski definition) is 1. The quantitative estimate of drug-likeness (QED) is 0.222. The predicted molar refractivity (Wildman–Crippen MR) is 154 cm³/mol. The molecule has 0 spiro atoms. The summed E-state index contributed by atoms with van der Waals surface area (Å²) in [5.41, 5.74) is 6.27. The molecule has 7 nitrogen and oxygen atoms in total. The van der Waals surface area contributed by atoms with E-state index >= 15 is 0 Å². The van der Waals surface area contributed by atoms with Gasteiger partial charge in [-0.25, -0.2) is 8.91 Å². The van der Waals surface area contributed by atoms with Crippen molar-refractivity contribution in [3.8, 4) is 17.6 Å². The van der Waals surface area contributed by atoms with E-state index in [-0.39, 0.29) is 11.5 Å². The molecule has 7 aromatic rings. The van der Waals surface area contributed by atoms with E-state index in [1.165, 1.54) is 18.3 Å². The van der Waals surface area contributed by atoms with Crippen molar-refractivity contribution in [3.63, 3.8) is 0 Å². The summed E-state index contributed by atoms with van der Waals surface area (Å²) in [6, 6.07) is 26.3. The first-order chi connectivity index (χ1) is 20.4. The first-order valence-electron chi connectivity index (χ1n) is 13.1. The first kappa shape index (κ1) is 25.2. The number of carbonyl (C=O) groups is 1. The van der Waals surface area contributed by atoms with Gasteiger partial charge in [0.25, 0.3) is 0 Å². The third kappa shape index (κ3) is 4.09. The van der Waals surface area contributed by atoms with E-state index < -0.39 is 11.6 Å². The number of fused-ring (bicyclic) bond motifs is 4. The molecular weight excluding hydrogens is 536 g/mol. The van der Waals surface area contributed by atoms with Crippen LogP contribution in [0.5, 0.6) is 11.5 Å². The molecule has 1 N–H and O–H groups in total. The number of ether oxygens (including phenoxy) is 1. The molecule has 0 aliphatic heterocycles. The Morgan fingerprint density at radius 2 is 1.83 bits per heavy atom. The van der Waals surface area contributed by atoms with Crippen LogP contribution in [0.4, 0.5) is 8.78 Å². The average molecular weight is 558 g/mol. The number of benzene rings is 4. The summed E-state index contributed by atoms with van der Waals surface area (Å²) >= 11 is 0. The van der Waals surface area contributed by atoms with Crippen LogP contribution in [-0.4, -0.2) is 24.9 Å². The highest BCUT2D eigenvalue weighted by Crippen LogP contribution is 2.31. The second kappa shape index (κ2) is 9.71. The zero-order valence-corrected chi connectivity index (χ0v) is 22.2. The maximum Gasteiger partial charge on any atom is 0.214 e. The molecule has 42 heavy (non-hydrogen) atoms. The summed E-state index contributed by atoms with van der Waals surface area (Å²) in [6.07, 6.45) is 2.15. The highest BCUT2D eigenvalue weighted by Gasteiger charge is 2.22. The topological polar surface area (TPSA) is 88.1 Å². The lowest BCUT2D eigenvalue weighted by atomic mass is 10.00. The minimum absolute atomic E-state index is 0.203. The van der Waals surface area contributed by atoms with Crippen molar-refractivity contribution < 1.29 is 18.3 Å². The maximum absolute atomic E-state index is 14.1. The van der Waals surface area contributed by atoms with Gasteiger partial charge < -0.3 is 14.3 Å². The van der Waals surface area contributed by atoms with E-state index in [1.54, 1.807) is 28.8 Å². The zero-order chi connectivity index (χ0) is 29.0. The van der Waals surface area contributed by atoms with E-state index in [2.05, 4.69) is 16.2 Å². The van der Waals surface area contributed by atoms with Gasteiger partial charge in [-0.2, -0.15) is 14.8 Å². The molecule has 204 valence electrons. The van der Waals surface area contributed by atoms with Crippen LogP contribution in [0.25, 0.3) is 27.6 Å². The number of ketones is 1. The summed E-state index contributed by atoms with van der Waals surface area (Å²) < 4.78 is 36.8. The number of carbonyl (C=O) groups excluding carboxylic acids is 1. The predicted octanol–water partition coefficient (Wildman–Crippen LogP) is 7.07. The molecular formula is C33H21F2N5O2. The Labute approximate surface area is 237 Å². The summed E-state index contributed by atoms with van der Waals surface area (Å²) in [7, 11) is 1.86. The molecule has 0 aliphatic rings. The number of H-pyrrole nitrogens is 1. The minimum atomic E-state index is -1.07. The monoisotopic (exact) mass is 557 g/mol. The van der Waals surface area contributed by atoms with E-state index in [0.717, 1.165) is 28.1 Å². The number of halogens is 2. The minimum Gasteiger partial charge on any atom is -0.454 e. The zero-order valence-electron chi connectivity index (χ0n) is 22.2. The van der Waals surface area contributed by atoms with Crippen LogP contribution in [0.1, 0.15) is 32.7 Å². The fourth-order valence-electron chi connectivity index (χ4n) is 5.40. The van der Waals surface area contributed by atoms with E-state index in [4.69, 9.17) is 4.74 Å². The van der Waals surface area contributed by atoms with E-state index in [9.17, 15) is 18.8 Å². The smallest absolute Gasteiger partial charge is 0.214 e. The molecule has 0 bridgehead atoms. The van der Waals surface area contributed by atoms with Crippen molar-refractivity contribution in [2.75, 3.05) is 0 Å². The number of nitrogens with one attached hydrogen (secondary N) is 1. The molecule has 0 saturated carbocycles. The van der Waals surface area contributed by atoms with E-state index in [1.807, 2.05) is 54.1 Å². The van der Waals surface area contributed by atoms with Crippen LogP contribution < -0.4 is 4.74 Å². The van der Waals surface area contributed by atoms with Crippen LogP contribution >= 0.6 is 0 Å². The third-order valence-corrected chi connectivity index (χ3v) is 7.47. The second-order valence-electron chi connectivity index (χ2n) is 10.0. The fraction of sp³-hybridized carbons (Fsp3) is 0.0606. The highest BCUT2D eigenvalue weighted by molar-refractivity contribution is 6.14. The van der Waals surface area contributed by atoms with Gasteiger partial charge in [-0.15, -0.1) is 0 Å². The van der Waals surface area contributed by atoms with Crippen LogP contribution in [0, 0.1) is 23.0 Å². The number of aromatic nitrogens is 4. The van der Waals surface area contributed by atoms with Crippen molar-refractivity contribution in [3.05, 3.63) is 131 Å². The first-order valence-corrected chi connectivity index (χ1v) is 13.1. The van der Waals surface area contributed by atoms with Crippen molar-refractivity contribution in [2.24, 2.45) is 7.05 Å². The summed E-state index contributed by atoms with van der Waals surface area (Å²) in [6.45, 7) is 0. The van der Waals surface area contributed by atoms with Crippen molar-refractivity contribution in [2.45, 2.75) is 6.42 Å². The van der Waals surface area contributed by atoms with Gasteiger partial charge in [0.2, 0.25) is 11.6 Å². The molecule has 0 unspecified atom stereocenters. The second-order valence-corrected chi connectivity index (χ2v) is 10.0. The number of nitrogens with zero attached hydrogens (tertiary/aromatic N) is 4. The number of hydrogen-bond acceptors (Lipinski definition) is 4. The van der Waals surface area contributed by atoms with Crippen LogP contribution in [-0.2, 0) is 13.5 Å². The Morgan fingerprint density at radius 1 is 1.00 bits per heavy atom. The molecule has 3 heterocycles. The lowest BCUT2D eigenvalue weighted by Crippen LogP contribution is -2.07. The Balaban J connectivity index is 1.25. The maximum atomic E-state index is 14.1. The van der Waals surface area contributed by atoms with Gasteiger partial charge in [-0.05, 0) is 66.1 Å². The number of imidazole rings is 1. The van der Waals surface area contributed by atoms with Gasteiger partial charge in [0.05, 0.1) is 40.1 Å². The standard InChI is InChI=1S/C33H21F2N5O2/c1-39-27-9-3-7-21(14-19-5-2-6-20(13-19)17-36)23(27)16-29(39)32(41)24-18-37-40-28-12-11-22(15-26(28)38-33(24)40)42-30-10-4-8-25(34)31(30)35/h2-13,15-16,18,38H,14H2,1H3. The molecule has 0 atom stereocenters. The molecule has 9 heteroatoms. The fourth-order valence-corrected chi connectivity index (χ4v) is 5.40. The highest BCUT2D eigenvalue weighted by atomic mass is 19.2. The Morgan fingerprint density at radius 3 is 2.69 bits per heavy atom. The number of rotatable bonds is 6. The van der Waals surface area contributed by atoms with Gasteiger partial charge in [0.15, 0.2) is 11.6 Å². The molecule has 0 radical (unpaired) electrons. The Kier molecular flexibility index (Phi) is 5.84. The molecule has 7 rings (SSSR count). The molecule has 4 aromatic carbocycles. The molecule has 0 amide bonds. The summed E-state index contributed by atoms with van der Waals surface area (Å²) in [5.74, 6) is -2.20. The van der Waals surface area contributed by atoms with Crippen LogP contribution in [0.3, 0.4) is 0 Å². The molecule has 3 aromatic heterocycles. The van der Waals surface area contributed by atoms with Gasteiger partial charge in [-0.1, -0.05) is 30.3 Å². The van der Waals surface area contributed by atoms with Gasteiger partial charge in [-0.3, -0.25) is 4.79 Å². The van der Waals surface area contributed by atoms with Gasteiger partial charge in [0, 0.05) is 24.0 Å². The van der Waals surface area contributed by atoms with Gasteiger partial charge >= 0.3 is 0 Å². The average Bonchev–Trinajstić information content (AvgIpc) is 3.67. The van der Waals surface area contributed by atoms with Crippen molar-refractivity contribution in [1.82, 2.24) is 19.2 Å². The Hall–Kier alpha value is -5.75. The van der Waals surface area contributed by atoms with E-state index in [0.29, 0.717) is 45.7 Å². The van der Waals surface area contributed by atoms with Crippen molar-refractivity contribution in [1.29, 1.82) is 5.26 Å². The van der Waals surface area contributed by atoms with Gasteiger partial charge in [0.1, 0.15) is 11.4 Å². The normalized spacial score (nSPS) is 11.4. The lowest BCUT2D eigenvalue weighted by Gasteiger charge is -2.07. The molecule has 0 saturated heterocycles. The number of aromatic amines is 1. The summed E-state index contributed by atoms with van der Waals surface area (Å²) in [4.78, 5) is 17.1. The number of nitriles is 1. The lowest BCUT2D eigenvalue weighted by molar-refractivity contribution is 0.103. The van der Waals surface area contributed by atoms with Crippen LogP contribution in [0.15, 0.2) is 91.1 Å². The Bertz CT molecular complexity index is 2240. The number of aryl methyl sites for hydroxylation is 1. The third-order valence-electron chi connectivity index (χ3n) is 7.47. The van der Waals surface area contributed by atoms with Crippen molar-refractivity contribution >= 4 is 33.4 Å². The molecule has 0 aliphatic carbocycles. The molecule has 0 fully saturated rings. The largest absolute Gasteiger partial charge is 0.454 e.